The summed E-state index contributed by atoms with van der Waals surface area (Å²) in [6.07, 6.45) is 0. The van der Waals surface area contributed by atoms with Crippen LogP contribution >= 0.6 is 16.1 Å². The zero-order chi connectivity index (χ0) is 26.7. The van der Waals surface area contributed by atoms with E-state index >= 15 is 0 Å². The molecule has 0 fully saturated rings. The van der Waals surface area contributed by atoms with Crippen LogP contribution in [0.4, 0.5) is 0 Å². The maximum Gasteiger partial charge on any atom is 3.00 e. The van der Waals surface area contributed by atoms with Gasteiger partial charge in [0.05, 0.1) is 8.15 Å². The second kappa shape index (κ2) is 20.1. The van der Waals surface area contributed by atoms with E-state index < -0.39 is 16.1 Å². The van der Waals surface area contributed by atoms with Gasteiger partial charge in [-0.1, -0.05) is 132 Å². The van der Waals surface area contributed by atoms with Crippen molar-refractivity contribution in [3.63, 3.8) is 0 Å². The molecule has 6 aromatic rings. The Morgan fingerprint density at radius 1 is 0.410 bits per heavy atom. The molecule has 0 saturated heterocycles. The molecular weight excluding hydrogens is 546 g/mol. The van der Waals surface area contributed by atoms with Gasteiger partial charge in [-0.05, 0) is 0 Å². The molecule has 193 valence electrons. The van der Waals surface area contributed by atoms with Crippen molar-refractivity contribution < 1.29 is 26.6 Å². The molecule has 1 nitrogen and oxygen atoms in total. The van der Waals surface area contributed by atoms with E-state index in [1.807, 2.05) is 133 Å². The molecular formula is C35H33OP2Ti. The smallest absolute Gasteiger partial charge is 0.364 e. The molecule has 0 bridgehead atoms. The third-order valence-electron chi connectivity index (χ3n) is 5.25. The van der Waals surface area contributed by atoms with Crippen molar-refractivity contribution >= 4 is 37.3 Å². The molecule has 0 heterocycles. The standard InChI is InChI=1S/C13H12P.C12H11OP.2C5H5.Ti/c1-14(12-8-4-2-5-9-12)13-10-6-3-7-11-13;13-14(11-7-3-1-4-8-11)12-9-5-2-6-10-12;2*1-2-4-5-3-1;/h2-11H,1H2;1-10,13H;2*1-5H;/q-1;;2*-1;+3. The van der Waals surface area contributed by atoms with Crippen molar-refractivity contribution in [2.45, 2.75) is 0 Å². The quantitative estimate of drug-likeness (QED) is 0.129. The maximum absolute atomic E-state index is 10.1. The van der Waals surface area contributed by atoms with Crippen molar-refractivity contribution in [2.24, 2.45) is 0 Å². The molecule has 0 unspecified atom stereocenters. The molecule has 0 aliphatic rings. The van der Waals surface area contributed by atoms with Crippen molar-refractivity contribution in [1.29, 1.82) is 0 Å². The van der Waals surface area contributed by atoms with Gasteiger partial charge in [-0.2, -0.15) is 36.4 Å². The van der Waals surface area contributed by atoms with Gasteiger partial charge in [0.2, 0.25) is 0 Å². The van der Waals surface area contributed by atoms with Crippen molar-refractivity contribution in [2.75, 3.05) is 0 Å². The number of benzene rings is 4. The van der Waals surface area contributed by atoms with Gasteiger partial charge in [0.1, 0.15) is 0 Å². The molecule has 1 radical (unpaired) electrons. The second-order valence-electron chi connectivity index (χ2n) is 8.01. The molecule has 0 aromatic heterocycles. The summed E-state index contributed by atoms with van der Waals surface area (Å²) >= 11 is 0. The van der Waals surface area contributed by atoms with Crippen LogP contribution in [0.2, 0.25) is 0 Å². The Labute approximate surface area is 251 Å². The third kappa shape index (κ3) is 12.7. The molecule has 4 heteroatoms. The van der Waals surface area contributed by atoms with Crippen molar-refractivity contribution in [1.82, 2.24) is 0 Å². The van der Waals surface area contributed by atoms with Gasteiger partial charge in [0, 0.05) is 10.6 Å². The zero-order valence-electron chi connectivity index (χ0n) is 21.9. The summed E-state index contributed by atoms with van der Waals surface area (Å²) in [5, 5.41) is 4.64. The Balaban J connectivity index is 0.000000199. The zero-order valence-corrected chi connectivity index (χ0v) is 25.2. The van der Waals surface area contributed by atoms with Gasteiger partial charge in [0.25, 0.3) is 0 Å². The second-order valence-corrected chi connectivity index (χ2v) is 11.6. The SMILES string of the molecule is OP(c1ccccc1)c1ccccc1.[CH2-]P(c1ccccc1)c1ccccc1.[Ti+3].c1cc[cH-]c1.c1cc[cH-]c1. The van der Waals surface area contributed by atoms with E-state index in [2.05, 4.69) is 55.2 Å². The van der Waals surface area contributed by atoms with E-state index in [1.165, 1.54) is 10.6 Å². The molecule has 6 rings (SSSR count). The summed E-state index contributed by atoms with van der Waals surface area (Å²) in [5.74, 6) is 0. The minimum atomic E-state index is -1.17. The van der Waals surface area contributed by atoms with E-state index in [0.717, 1.165) is 10.6 Å². The molecule has 0 saturated carbocycles. The fourth-order valence-electron chi connectivity index (χ4n) is 3.29. The van der Waals surface area contributed by atoms with Crippen molar-refractivity contribution in [3.8, 4) is 0 Å². The first-order chi connectivity index (χ1) is 18.8. The number of rotatable bonds is 4. The van der Waals surface area contributed by atoms with Crippen LogP contribution in [0, 0.1) is 6.66 Å². The van der Waals surface area contributed by atoms with Gasteiger partial charge < -0.3 is 11.6 Å². The van der Waals surface area contributed by atoms with Crippen LogP contribution in [-0.4, -0.2) is 4.89 Å². The summed E-state index contributed by atoms with van der Waals surface area (Å²) in [5.41, 5.74) is 0. The first-order valence-electron chi connectivity index (χ1n) is 12.4. The predicted octanol–water partition coefficient (Wildman–Crippen LogP) is 7.75. The van der Waals surface area contributed by atoms with Gasteiger partial charge in [-0.15, -0.1) is 0 Å². The van der Waals surface area contributed by atoms with Crippen LogP contribution in [0.5, 0.6) is 0 Å². The minimum Gasteiger partial charge on any atom is -0.364 e. The Hall–Kier alpha value is -2.89. The maximum atomic E-state index is 10.1. The predicted molar refractivity (Wildman–Crippen MR) is 170 cm³/mol. The van der Waals surface area contributed by atoms with Gasteiger partial charge in [0.15, 0.2) is 0 Å². The number of hydrogen-bond acceptors (Lipinski definition) is 1. The molecule has 0 amide bonds. The van der Waals surface area contributed by atoms with E-state index in [1.54, 1.807) is 0 Å². The summed E-state index contributed by atoms with van der Waals surface area (Å²) in [4.78, 5) is 10.1. The average Bonchev–Trinajstić information content (AvgIpc) is 3.79. The third-order valence-corrected chi connectivity index (χ3v) is 8.67. The van der Waals surface area contributed by atoms with Crippen LogP contribution in [0.25, 0.3) is 0 Å². The molecule has 0 atom stereocenters. The topological polar surface area (TPSA) is 20.2 Å². The van der Waals surface area contributed by atoms with E-state index in [0.29, 0.717) is 0 Å². The summed E-state index contributed by atoms with van der Waals surface area (Å²) in [7, 11) is -1.59. The summed E-state index contributed by atoms with van der Waals surface area (Å²) in [6, 6.07) is 60.5. The van der Waals surface area contributed by atoms with Gasteiger partial charge in [-0.25, -0.2) is 32.2 Å². The van der Waals surface area contributed by atoms with Crippen molar-refractivity contribution in [3.05, 3.63) is 189 Å². The Bertz CT molecular complexity index is 1090. The molecule has 1 N–H and O–H groups in total. The van der Waals surface area contributed by atoms with Gasteiger partial charge in [-0.3, -0.25) is 0 Å². The average molecular weight is 579 g/mol. The van der Waals surface area contributed by atoms with Crippen LogP contribution in [0.15, 0.2) is 182 Å². The molecule has 0 aliphatic heterocycles. The van der Waals surface area contributed by atoms with E-state index in [-0.39, 0.29) is 21.7 Å². The summed E-state index contributed by atoms with van der Waals surface area (Å²) in [6.45, 7) is 4.24. The Morgan fingerprint density at radius 3 is 0.897 bits per heavy atom. The van der Waals surface area contributed by atoms with E-state index in [4.69, 9.17) is 0 Å². The number of hydrogen-bond donors (Lipinski definition) is 1. The normalized spacial score (nSPS) is 9.54. The van der Waals surface area contributed by atoms with Gasteiger partial charge >= 0.3 is 21.7 Å². The monoisotopic (exact) mass is 579 g/mol. The molecule has 0 spiro atoms. The molecule has 0 aliphatic carbocycles. The van der Waals surface area contributed by atoms with Crippen LogP contribution in [-0.2, 0) is 21.7 Å². The fraction of sp³-hybridized carbons (Fsp3) is 0. The van der Waals surface area contributed by atoms with Crippen LogP contribution < -0.4 is 21.2 Å². The minimum absolute atomic E-state index is 0. The first-order valence-corrected chi connectivity index (χ1v) is 15.2. The molecule has 39 heavy (non-hydrogen) atoms. The van der Waals surface area contributed by atoms with Crippen LogP contribution in [0.3, 0.4) is 0 Å². The Morgan fingerprint density at radius 2 is 0.667 bits per heavy atom. The van der Waals surface area contributed by atoms with Crippen LogP contribution in [0.1, 0.15) is 0 Å². The fourth-order valence-corrected chi connectivity index (χ4v) is 5.86. The Kier molecular flexibility index (Phi) is 16.6. The summed E-state index contributed by atoms with van der Waals surface area (Å²) < 4.78 is 0. The molecule has 6 aromatic carbocycles. The first kappa shape index (κ1) is 32.3. The largest absolute Gasteiger partial charge is 3.00 e. The van der Waals surface area contributed by atoms with E-state index in [9.17, 15) is 4.89 Å².